The lowest BCUT2D eigenvalue weighted by molar-refractivity contribution is -0.113. The Morgan fingerprint density at radius 1 is 1.31 bits per heavy atom. The van der Waals surface area contributed by atoms with Crippen LogP contribution in [-0.4, -0.2) is 29.3 Å². The molecule has 0 bridgehead atoms. The molecule has 6 heteroatoms. The van der Waals surface area contributed by atoms with Crippen molar-refractivity contribution in [3.05, 3.63) is 50.2 Å². The molecule has 26 heavy (non-hydrogen) atoms. The highest BCUT2D eigenvalue weighted by molar-refractivity contribution is 8.08. The molecular weight excluding hydrogens is 362 g/mol. The highest BCUT2D eigenvalue weighted by Gasteiger charge is 2.22. The Morgan fingerprint density at radius 2 is 2.00 bits per heavy atom. The van der Waals surface area contributed by atoms with Crippen LogP contribution in [0.25, 0.3) is 5.03 Å². The number of fused-ring (bicyclic) bond motifs is 1. The van der Waals surface area contributed by atoms with Crippen molar-refractivity contribution in [2.45, 2.75) is 40.8 Å². The molecule has 0 saturated carbocycles. The molecule has 1 N–H and O–H groups in total. The van der Waals surface area contributed by atoms with Crippen molar-refractivity contribution < 1.29 is 4.79 Å². The van der Waals surface area contributed by atoms with Gasteiger partial charge in [-0.05, 0) is 51.8 Å². The lowest BCUT2D eigenvalue weighted by atomic mass is 10.1. The molecule has 1 aliphatic heterocycles. The van der Waals surface area contributed by atoms with E-state index in [0.717, 1.165) is 38.3 Å². The molecule has 0 saturated heterocycles. The molecule has 0 spiro atoms. The molecule has 1 atom stereocenters. The molecule has 138 valence electrons. The fourth-order valence-electron chi connectivity index (χ4n) is 3.20. The number of nitrogens with zero attached hydrogens (tertiary/aromatic N) is 2. The zero-order chi connectivity index (χ0) is 18.8. The van der Waals surface area contributed by atoms with E-state index in [9.17, 15) is 4.79 Å². The zero-order valence-corrected chi connectivity index (χ0v) is 17.6. The summed E-state index contributed by atoms with van der Waals surface area (Å²) in [6.45, 7) is 11.3. The zero-order valence-electron chi connectivity index (χ0n) is 15.9. The average molecular weight is 388 g/mol. The van der Waals surface area contributed by atoms with Gasteiger partial charge >= 0.3 is 0 Å². The van der Waals surface area contributed by atoms with Gasteiger partial charge in [0.2, 0.25) is 5.91 Å². The number of para-hydroxylation sites is 1. The number of nitrogens with one attached hydrogen (secondary N) is 1. The Bertz CT molecular complexity index is 928. The number of benzene rings is 1. The molecule has 2 heterocycles. The predicted molar refractivity (Wildman–Crippen MR) is 112 cm³/mol. The highest BCUT2D eigenvalue weighted by atomic mass is 32.2. The lowest BCUT2D eigenvalue weighted by Gasteiger charge is -2.31. The third-order valence-corrected chi connectivity index (χ3v) is 6.60. The van der Waals surface area contributed by atoms with Gasteiger partial charge in [0.05, 0.1) is 10.8 Å². The number of hydrogen-bond donors (Lipinski definition) is 1. The lowest BCUT2D eigenvalue weighted by Crippen LogP contribution is -2.42. The van der Waals surface area contributed by atoms with Crippen molar-refractivity contribution in [3.63, 3.8) is 0 Å². The summed E-state index contributed by atoms with van der Waals surface area (Å²) in [6.07, 6.45) is 0.106. The van der Waals surface area contributed by atoms with Gasteiger partial charge in [-0.1, -0.05) is 30.0 Å². The topological polar surface area (TPSA) is 44.7 Å². The summed E-state index contributed by atoms with van der Waals surface area (Å²) >= 11 is 3.33. The molecule has 0 fully saturated rings. The van der Waals surface area contributed by atoms with Crippen LogP contribution < -0.4 is 15.2 Å². The number of thiophene rings is 1. The molecular formula is C20H25N3OS2. The third kappa shape index (κ3) is 3.81. The van der Waals surface area contributed by atoms with Crippen molar-refractivity contribution in [2.75, 3.05) is 17.6 Å². The minimum Gasteiger partial charge on any atom is -0.344 e. The van der Waals surface area contributed by atoms with Crippen molar-refractivity contribution in [1.82, 2.24) is 4.90 Å². The molecule has 0 radical (unpaired) electrons. The molecule has 1 aromatic heterocycles. The molecule has 0 unspecified atom stereocenters. The summed E-state index contributed by atoms with van der Waals surface area (Å²) in [5.41, 5.74) is 3.11. The summed E-state index contributed by atoms with van der Waals surface area (Å²) in [5.74, 6) is 0.417. The number of amides is 1. The quantitative estimate of drug-likeness (QED) is 0.855. The minimum atomic E-state index is 0.0274. The normalized spacial score (nSPS) is 16.3. The van der Waals surface area contributed by atoms with Gasteiger partial charge in [0.1, 0.15) is 10.8 Å². The molecule has 2 aromatic rings. The highest BCUT2D eigenvalue weighted by Crippen LogP contribution is 2.26. The van der Waals surface area contributed by atoms with Gasteiger partial charge in [0.25, 0.3) is 0 Å². The first-order valence-corrected chi connectivity index (χ1v) is 10.6. The first kappa shape index (κ1) is 19.0. The number of thioether (sulfide) groups is 1. The Labute approximate surface area is 163 Å². The second-order valence-electron chi connectivity index (χ2n) is 6.53. The van der Waals surface area contributed by atoms with Crippen LogP contribution in [0.5, 0.6) is 0 Å². The van der Waals surface area contributed by atoms with Crippen LogP contribution in [0.4, 0.5) is 5.69 Å². The molecule has 4 nitrogen and oxygen atoms in total. The predicted octanol–water partition coefficient (Wildman–Crippen LogP) is 3.41. The summed E-state index contributed by atoms with van der Waals surface area (Å²) in [5, 5.41) is 5.40. The Hall–Kier alpha value is -1.79. The van der Waals surface area contributed by atoms with E-state index in [1.54, 1.807) is 23.1 Å². The van der Waals surface area contributed by atoms with Gasteiger partial charge in [-0.2, -0.15) is 0 Å². The fraction of sp³-hybridized carbons (Fsp3) is 0.400. The Morgan fingerprint density at radius 3 is 2.65 bits per heavy atom. The molecule has 3 rings (SSSR count). The Balaban J connectivity index is 1.81. The van der Waals surface area contributed by atoms with E-state index in [-0.39, 0.29) is 12.1 Å². The van der Waals surface area contributed by atoms with Gasteiger partial charge in [-0.3, -0.25) is 4.79 Å². The van der Waals surface area contributed by atoms with Crippen LogP contribution in [0.3, 0.4) is 0 Å². The van der Waals surface area contributed by atoms with E-state index in [0.29, 0.717) is 5.75 Å². The molecule has 0 aliphatic carbocycles. The van der Waals surface area contributed by atoms with E-state index < -0.39 is 0 Å². The SMILES string of the molecule is CCN1C(SCC(=O)Nc2c(C)cccc2C)=c2cc(C)sc2=N[C@H]1C. The maximum absolute atomic E-state index is 12.6. The summed E-state index contributed by atoms with van der Waals surface area (Å²) in [7, 11) is 0. The standard InChI is InChI=1S/C20H25N3OS2/c1-6-23-15(5)21-19-16(10-14(4)26-19)20(23)25-11-17(24)22-18-12(2)8-7-9-13(18)3/h7-10,15H,6,11H2,1-5H3,(H,22,24)/t15-/m1/s1. The molecule has 1 aliphatic rings. The van der Waals surface area contributed by atoms with Gasteiger partial charge in [-0.25, -0.2) is 4.99 Å². The average Bonchev–Trinajstić information content (AvgIpc) is 2.95. The Kier molecular flexibility index (Phi) is 5.73. The van der Waals surface area contributed by atoms with E-state index in [1.165, 1.54) is 4.88 Å². The number of aryl methyl sites for hydroxylation is 3. The first-order valence-electron chi connectivity index (χ1n) is 8.84. The second-order valence-corrected chi connectivity index (χ2v) is 8.73. The number of rotatable bonds is 5. The molecule has 1 aromatic carbocycles. The monoisotopic (exact) mass is 387 g/mol. The maximum Gasteiger partial charge on any atom is 0.234 e. The van der Waals surface area contributed by atoms with Crippen molar-refractivity contribution in [2.24, 2.45) is 4.99 Å². The number of hydrogen-bond acceptors (Lipinski definition) is 5. The number of carbonyl (C=O) groups is 1. The summed E-state index contributed by atoms with van der Waals surface area (Å²) in [6, 6.07) is 8.24. The van der Waals surface area contributed by atoms with Crippen molar-refractivity contribution >= 4 is 39.7 Å². The fourth-order valence-corrected chi connectivity index (χ4v) is 5.32. The van der Waals surface area contributed by atoms with Crippen LogP contribution in [0.15, 0.2) is 29.3 Å². The van der Waals surface area contributed by atoms with Gasteiger partial charge in [-0.15, -0.1) is 11.3 Å². The summed E-state index contributed by atoms with van der Waals surface area (Å²) in [4.78, 5) is 20.9. The summed E-state index contributed by atoms with van der Waals surface area (Å²) < 4.78 is 1.08. The smallest absolute Gasteiger partial charge is 0.234 e. The van der Waals surface area contributed by atoms with E-state index >= 15 is 0 Å². The van der Waals surface area contributed by atoms with Crippen molar-refractivity contribution in [1.29, 1.82) is 0 Å². The van der Waals surface area contributed by atoms with Crippen LogP contribution in [-0.2, 0) is 4.79 Å². The van der Waals surface area contributed by atoms with Gasteiger partial charge in [0.15, 0.2) is 0 Å². The van der Waals surface area contributed by atoms with Crippen LogP contribution in [0.2, 0.25) is 0 Å². The molecule has 1 amide bonds. The van der Waals surface area contributed by atoms with E-state index in [2.05, 4.69) is 37.1 Å². The van der Waals surface area contributed by atoms with Crippen LogP contribution in [0.1, 0.15) is 29.9 Å². The maximum atomic E-state index is 12.6. The number of anilines is 1. The first-order chi connectivity index (χ1) is 12.4. The van der Waals surface area contributed by atoms with Crippen LogP contribution >= 0.6 is 23.1 Å². The minimum absolute atomic E-state index is 0.0274. The van der Waals surface area contributed by atoms with E-state index in [1.807, 2.05) is 32.0 Å². The largest absolute Gasteiger partial charge is 0.344 e. The van der Waals surface area contributed by atoms with Gasteiger partial charge in [0, 0.05) is 22.3 Å². The third-order valence-electron chi connectivity index (χ3n) is 4.51. The van der Waals surface area contributed by atoms with Crippen molar-refractivity contribution in [3.8, 4) is 0 Å². The number of carbonyl (C=O) groups excluding carboxylic acids is 1. The van der Waals surface area contributed by atoms with E-state index in [4.69, 9.17) is 4.99 Å². The second kappa shape index (κ2) is 7.84. The van der Waals surface area contributed by atoms with Gasteiger partial charge < -0.3 is 10.2 Å². The van der Waals surface area contributed by atoms with Crippen LogP contribution in [0, 0.1) is 20.8 Å².